The number of sulfonamides is 1. The van der Waals surface area contributed by atoms with Crippen molar-refractivity contribution in [1.82, 2.24) is 14.9 Å². The number of carbonyl (C=O) groups excluding carboxylic acids is 3. The lowest BCUT2D eigenvalue weighted by Crippen LogP contribution is -2.45. The van der Waals surface area contributed by atoms with E-state index < -0.39 is 43.6 Å². The first-order valence-corrected chi connectivity index (χ1v) is 26.1. The maximum Gasteiger partial charge on any atom is 0.269 e. The fraction of sp³-hybridized carbons (Fsp3) is 0.420. The molecule has 4 aromatic carbocycles. The number of fused-ring (bicyclic) bond motifs is 7. The normalized spacial score (nSPS) is 21.7. The van der Waals surface area contributed by atoms with E-state index in [0.717, 1.165) is 46.7 Å². The lowest BCUT2D eigenvalue weighted by molar-refractivity contribution is -0.645. The molecule has 0 aliphatic heterocycles. The zero-order valence-electron chi connectivity index (χ0n) is 38.1. The number of hydrogen-bond acceptors (Lipinski definition) is 12. The SMILES string of the molecule is Cc1ccc(S(=O)(=O)N(CCCC(=O)NCCNC(=O)CO/N=C2/C[C@@H]3[C@H](CC[C@]4(C)[C@@H](O)CC[C@@H]34)c3ccc(O)cc32)C(=O)c2c3ccccc3[n+](CCCS(=O)(=O)[O-])c3ccccc23)cc1. The highest BCUT2D eigenvalue weighted by Gasteiger charge is 2.55. The van der Waals surface area contributed by atoms with Gasteiger partial charge in [0.25, 0.3) is 21.8 Å². The van der Waals surface area contributed by atoms with E-state index >= 15 is 0 Å². The molecule has 18 heteroatoms. The number of aromatic nitrogens is 1. The van der Waals surface area contributed by atoms with Crippen LogP contribution in [-0.4, -0.2) is 97.4 Å². The topological polar surface area (TPSA) is 236 Å². The molecule has 4 N–H and O–H groups in total. The fourth-order valence-corrected chi connectivity index (χ4v) is 12.7. The number of aromatic hydroxyl groups is 1. The van der Waals surface area contributed by atoms with Gasteiger partial charge in [0.15, 0.2) is 13.2 Å². The molecular formula is C50H57N5O11S2. The molecule has 8 rings (SSSR count). The molecule has 3 aliphatic rings. The van der Waals surface area contributed by atoms with Crippen LogP contribution in [0.3, 0.4) is 0 Å². The third-order valence-electron chi connectivity index (χ3n) is 14.2. The predicted molar refractivity (Wildman–Crippen MR) is 253 cm³/mol. The van der Waals surface area contributed by atoms with Crippen molar-refractivity contribution in [2.24, 2.45) is 22.4 Å². The Morgan fingerprint density at radius 2 is 1.54 bits per heavy atom. The summed E-state index contributed by atoms with van der Waals surface area (Å²) in [4.78, 5) is 46.2. The van der Waals surface area contributed by atoms with Gasteiger partial charge in [-0.15, -0.1) is 0 Å². The minimum absolute atomic E-state index is 0.0160. The Morgan fingerprint density at radius 3 is 2.22 bits per heavy atom. The zero-order chi connectivity index (χ0) is 48.4. The van der Waals surface area contributed by atoms with Gasteiger partial charge in [0.2, 0.25) is 16.9 Å². The maximum absolute atomic E-state index is 14.9. The Labute approximate surface area is 396 Å². The van der Waals surface area contributed by atoms with Crippen LogP contribution in [0.4, 0.5) is 0 Å². The van der Waals surface area contributed by atoms with Crippen molar-refractivity contribution in [2.45, 2.75) is 88.7 Å². The Balaban J connectivity index is 0.900. The molecule has 16 nitrogen and oxygen atoms in total. The molecule has 2 saturated carbocycles. The van der Waals surface area contributed by atoms with Crippen molar-refractivity contribution in [3.05, 3.63) is 113 Å². The summed E-state index contributed by atoms with van der Waals surface area (Å²) in [6, 6.07) is 25.2. The fourth-order valence-electron chi connectivity index (χ4n) is 10.8. The molecular weight excluding hydrogens is 911 g/mol. The number of carbonyl (C=O) groups is 3. The minimum Gasteiger partial charge on any atom is -0.748 e. The number of phenolic OH excluding ortho intramolecular Hbond substituents is 1. The van der Waals surface area contributed by atoms with Crippen LogP contribution in [-0.2, 0) is 41.1 Å². The Morgan fingerprint density at radius 1 is 0.882 bits per heavy atom. The molecule has 3 aliphatic carbocycles. The number of phenols is 1. The number of aliphatic hydroxyl groups excluding tert-OH is 1. The number of hydrogen-bond donors (Lipinski definition) is 4. The molecule has 0 spiro atoms. The van der Waals surface area contributed by atoms with Gasteiger partial charge in [0.05, 0.1) is 43.2 Å². The molecule has 0 unspecified atom stereocenters. The molecule has 2 fully saturated rings. The number of nitrogens with zero attached hydrogens (tertiary/aromatic N) is 3. The van der Waals surface area contributed by atoms with Crippen LogP contribution in [0.2, 0.25) is 0 Å². The van der Waals surface area contributed by atoms with Gasteiger partial charge in [0, 0.05) is 55.9 Å². The largest absolute Gasteiger partial charge is 0.748 e. The van der Waals surface area contributed by atoms with Crippen molar-refractivity contribution >= 4 is 65.4 Å². The third-order valence-corrected chi connectivity index (χ3v) is 16.8. The van der Waals surface area contributed by atoms with Gasteiger partial charge in [-0.25, -0.2) is 21.1 Å². The first-order valence-electron chi connectivity index (χ1n) is 23.1. The van der Waals surface area contributed by atoms with E-state index in [4.69, 9.17) is 4.84 Å². The highest BCUT2D eigenvalue weighted by atomic mass is 32.2. The third kappa shape index (κ3) is 10.1. The van der Waals surface area contributed by atoms with Crippen molar-refractivity contribution in [2.75, 3.05) is 32.0 Å². The number of aryl methyl sites for hydroxylation is 2. The first kappa shape index (κ1) is 48.5. The Kier molecular flexibility index (Phi) is 14.2. The molecule has 68 heavy (non-hydrogen) atoms. The minimum atomic E-state index is -4.48. The summed E-state index contributed by atoms with van der Waals surface area (Å²) < 4.78 is 65.7. The van der Waals surface area contributed by atoms with Crippen molar-refractivity contribution in [1.29, 1.82) is 0 Å². The number of nitrogens with one attached hydrogen (secondary N) is 2. The zero-order valence-corrected chi connectivity index (χ0v) is 39.7. The van der Waals surface area contributed by atoms with Crippen LogP contribution in [0.5, 0.6) is 5.75 Å². The molecule has 0 radical (unpaired) electrons. The number of aliphatic hydroxyl groups is 1. The number of benzene rings is 4. The van der Waals surface area contributed by atoms with E-state index in [-0.39, 0.29) is 91.6 Å². The van der Waals surface area contributed by atoms with Gasteiger partial charge in [-0.1, -0.05) is 60.1 Å². The van der Waals surface area contributed by atoms with Gasteiger partial charge in [-0.05, 0) is 111 Å². The Bertz CT molecular complexity index is 2940. The molecule has 3 amide bonds. The van der Waals surface area contributed by atoms with Crippen LogP contribution >= 0.6 is 0 Å². The summed E-state index contributed by atoms with van der Waals surface area (Å²) in [6.45, 7) is 3.55. The van der Waals surface area contributed by atoms with E-state index in [0.29, 0.717) is 39.9 Å². The maximum atomic E-state index is 14.9. The average Bonchev–Trinajstić information content (AvgIpc) is 3.61. The van der Waals surface area contributed by atoms with Crippen molar-refractivity contribution < 1.29 is 55.4 Å². The molecule has 360 valence electrons. The van der Waals surface area contributed by atoms with Crippen LogP contribution in [0.25, 0.3) is 21.8 Å². The van der Waals surface area contributed by atoms with Gasteiger partial charge < -0.3 is 30.2 Å². The predicted octanol–water partition coefficient (Wildman–Crippen LogP) is 5.17. The quantitative estimate of drug-likeness (QED) is 0.0312. The van der Waals surface area contributed by atoms with Gasteiger partial charge in [0.1, 0.15) is 5.75 Å². The monoisotopic (exact) mass is 967 g/mol. The van der Waals surface area contributed by atoms with Crippen LogP contribution in [0.1, 0.15) is 91.3 Å². The van der Waals surface area contributed by atoms with Crippen LogP contribution in [0, 0.1) is 24.2 Å². The molecule has 0 saturated heterocycles. The number of rotatable bonds is 17. The number of para-hydroxylation sites is 2. The smallest absolute Gasteiger partial charge is 0.269 e. The summed E-state index contributed by atoms with van der Waals surface area (Å²) in [5.41, 5.74) is 4.38. The summed E-state index contributed by atoms with van der Waals surface area (Å²) in [5.74, 6) is -1.32. The molecule has 5 atom stereocenters. The average molecular weight is 968 g/mol. The molecule has 5 aromatic rings. The van der Waals surface area contributed by atoms with E-state index in [1.165, 1.54) is 12.1 Å². The Hall–Kier alpha value is -5.95. The van der Waals surface area contributed by atoms with E-state index in [2.05, 4.69) is 22.7 Å². The summed E-state index contributed by atoms with van der Waals surface area (Å²) in [5, 5.41) is 31.9. The van der Waals surface area contributed by atoms with Gasteiger partial charge in [-0.3, -0.25) is 14.4 Å². The number of amides is 3. The second kappa shape index (κ2) is 19.9. The van der Waals surface area contributed by atoms with Crippen molar-refractivity contribution in [3.8, 4) is 5.75 Å². The van der Waals surface area contributed by atoms with Gasteiger partial charge in [-0.2, -0.15) is 4.57 Å². The second-order valence-electron chi connectivity index (χ2n) is 18.5. The van der Waals surface area contributed by atoms with Crippen LogP contribution in [0.15, 0.2) is 101 Å². The highest BCUT2D eigenvalue weighted by Crippen LogP contribution is 2.61. The second-order valence-corrected chi connectivity index (χ2v) is 21.9. The molecule has 1 aromatic heterocycles. The van der Waals surface area contributed by atoms with Crippen molar-refractivity contribution in [3.63, 3.8) is 0 Å². The number of oxime groups is 1. The standard InChI is InChI=1S/C50H57N5O11S2/c1-32-14-17-34(18-15-32)68(64,65)55(49(60)48-37-9-3-5-11-43(37)54(26-8-28-67(61,62)63)44-12-6-4-10-38(44)48)27-7-13-46(58)51-24-25-52-47(59)31-66-53-42-30-39-36(35-19-16-33(56)29-40(35)42)22-23-50(2)41(39)20-21-45(50)57/h3-6,9-12,14-19,29,36,39,41,45,57H,7-8,13,20-28,30-31H2,1-2H3,(H3-,51,52,56,58,59,61,62,63)/b53-42-/t36-,39-,41+,45+,50+/m1/s1. The summed E-state index contributed by atoms with van der Waals surface area (Å²) in [7, 11) is -8.94. The molecule has 0 bridgehead atoms. The lowest BCUT2D eigenvalue weighted by Gasteiger charge is -2.50. The lowest BCUT2D eigenvalue weighted by atomic mass is 9.55. The summed E-state index contributed by atoms with van der Waals surface area (Å²) in [6.07, 6.45) is 3.69. The summed E-state index contributed by atoms with van der Waals surface area (Å²) >= 11 is 0. The van der Waals surface area contributed by atoms with E-state index in [9.17, 15) is 46.0 Å². The highest BCUT2D eigenvalue weighted by molar-refractivity contribution is 7.89. The number of pyridine rings is 1. The van der Waals surface area contributed by atoms with Gasteiger partial charge >= 0.3 is 0 Å². The van der Waals surface area contributed by atoms with Crippen LogP contribution < -0.4 is 15.2 Å². The first-order chi connectivity index (χ1) is 32.5. The molecule has 1 heterocycles. The van der Waals surface area contributed by atoms with E-state index in [1.807, 2.05) is 17.6 Å². The van der Waals surface area contributed by atoms with E-state index in [1.54, 1.807) is 72.8 Å².